The Kier molecular flexibility index (Phi) is 10.4. The molecule has 0 spiro atoms. The number of hydrogen-bond donors (Lipinski definition) is 2. The van der Waals surface area contributed by atoms with Gasteiger partial charge in [0.05, 0.1) is 24.7 Å². The molecular weight excluding hydrogens is 356 g/mol. The molecule has 3 nitrogen and oxygen atoms in total. The van der Waals surface area contributed by atoms with E-state index in [-0.39, 0.29) is 11.8 Å². The molecule has 0 aliphatic rings. The first kappa shape index (κ1) is 25.9. The highest BCUT2D eigenvalue weighted by Gasteiger charge is 2.45. The Morgan fingerprint density at radius 1 is 0.808 bits per heavy atom. The van der Waals surface area contributed by atoms with E-state index in [2.05, 4.69) is 72.6 Å². The highest BCUT2D eigenvalue weighted by molar-refractivity contribution is 6.83. The van der Waals surface area contributed by atoms with Crippen molar-refractivity contribution in [3.63, 3.8) is 0 Å². The molecule has 0 heterocycles. The van der Waals surface area contributed by atoms with E-state index in [0.717, 1.165) is 0 Å². The van der Waals surface area contributed by atoms with Gasteiger partial charge in [-0.05, 0) is 23.5 Å². The summed E-state index contributed by atoms with van der Waals surface area (Å²) in [6.07, 6.45) is -1.18. The fourth-order valence-electron chi connectivity index (χ4n) is 4.11. The minimum absolute atomic E-state index is 0.128. The predicted octanol–water partition coefficient (Wildman–Crippen LogP) is 5.05. The standard InChI is InChI=1S/C21H44O3Si2/c1-15(2)26(16(3)4,17(5)6)24-14-21(23)18(7)20(19(8)22)12-13-25(9,10)11/h15-23H,14H2,1-11H3/t18-,19+,20-,21-/m0/s1. The van der Waals surface area contributed by atoms with Gasteiger partial charge in [0.2, 0.25) is 0 Å². The highest BCUT2D eigenvalue weighted by Crippen LogP contribution is 2.42. The molecule has 0 aromatic carbocycles. The van der Waals surface area contributed by atoms with E-state index in [9.17, 15) is 10.2 Å². The summed E-state index contributed by atoms with van der Waals surface area (Å²) >= 11 is 0. The lowest BCUT2D eigenvalue weighted by Crippen LogP contribution is -2.50. The monoisotopic (exact) mass is 400 g/mol. The normalized spacial score (nSPS) is 17.8. The summed E-state index contributed by atoms with van der Waals surface area (Å²) in [6, 6.07) is 0. The number of rotatable bonds is 9. The molecule has 0 aromatic rings. The Balaban J connectivity index is 5.32. The first-order valence-electron chi connectivity index (χ1n) is 10.2. The van der Waals surface area contributed by atoms with E-state index in [1.807, 2.05) is 6.92 Å². The lowest BCUT2D eigenvalue weighted by Gasteiger charge is -2.43. The van der Waals surface area contributed by atoms with Crippen LogP contribution >= 0.6 is 0 Å². The van der Waals surface area contributed by atoms with E-state index in [0.29, 0.717) is 23.2 Å². The molecule has 2 N–H and O–H groups in total. The molecule has 0 aromatic heterocycles. The number of aliphatic hydroxyl groups is 2. The summed E-state index contributed by atoms with van der Waals surface area (Å²) in [7, 11) is -3.52. The Morgan fingerprint density at radius 3 is 1.54 bits per heavy atom. The third-order valence-corrected chi connectivity index (χ3v) is 12.5. The summed E-state index contributed by atoms with van der Waals surface area (Å²) in [5, 5.41) is 21.0. The third-order valence-electron chi connectivity index (χ3n) is 5.52. The minimum Gasteiger partial charge on any atom is -0.413 e. The van der Waals surface area contributed by atoms with E-state index >= 15 is 0 Å². The fraction of sp³-hybridized carbons (Fsp3) is 0.905. The van der Waals surface area contributed by atoms with Crippen molar-refractivity contribution >= 4 is 16.4 Å². The molecule has 0 saturated heterocycles. The van der Waals surface area contributed by atoms with Crippen molar-refractivity contribution in [3.8, 4) is 11.5 Å². The second kappa shape index (κ2) is 10.4. The van der Waals surface area contributed by atoms with Crippen molar-refractivity contribution in [2.24, 2.45) is 11.8 Å². The van der Waals surface area contributed by atoms with Gasteiger partial charge in [0.25, 0.3) is 0 Å². The maximum atomic E-state index is 10.8. The largest absolute Gasteiger partial charge is 0.413 e. The van der Waals surface area contributed by atoms with Crippen molar-refractivity contribution in [2.75, 3.05) is 6.61 Å². The molecule has 26 heavy (non-hydrogen) atoms. The van der Waals surface area contributed by atoms with Crippen molar-refractivity contribution < 1.29 is 14.6 Å². The first-order valence-corrected chi connectivity index (χ1v) is 15.8. The summed E-state index contributed by atoms with van der Waals surface area (Å²) in [6.45, 7) is 24.2. The van der Waals surface area contributed by atoms with Crippen molar-refractivity contribution in [1.29, 1.82) is 0 Å². The van der Waals surface area contributed by atoms with Crippen LogP contribution in [-0.2, 0) is 4.43 Å². The molecule has 0 radical (unpaired) electrons. The molecular formula is C21H44O3Si2. The molecule has 0 amide bonds. The molecule has 154 valence electrons. The molecule has 0 bridgehead atoms. The maximum absolute atomic E-state index is 10.8. The lowest BCUT2D eigenvalue weighted by molar-refractivity contribution is 0.0147. The molecule has 0 saturated carbocycles. The molecule has 0 aliphatic carbocycles. The Morgan fingerprint density at radius 2 is 1.23 bits per heavy atom. The Hall–Kier alpha value is -0.126. The summed E-state index contributed by atoms with van der Waals surface area (Å²) in [4.78, 5) is 0. The van der Waals surface area contributed by atoms with Gasteiger partial charge < -0.3 is 14.6 Å². The van der Waals surface area contributed by atoms with E-state index in [4.69, 9.17) is 4.43 Å². The third kappa shape index (κ3) is 7.12. The summed E-state index contributed by atoms with van der Waals surface area (Å²) in [5.74, 6) is 2.91. The zero-order chi connectivity index (χ0) is 20.9. The van der Waals surface area contributed by atoms with E-state index < -0.39 is 28.6 Å². The van der Waals surface area contributed by atoms with Gasteiger partial charge >= 0.3 is 0 Å². The molecule has 4 atom stereocenters. The molecule has 0 unspecified atom stereocenters. The Bertz CT molecular complexity index is 448. The maximum Gasteiger partial charge on any atom is 0.200 e. The highest BCUT2D eigenvalue weighted by atomic mass is 28.4. The van der Waals surface area contributed by atoms with Crippen LogP contribution in [-0.4, -0.2) is 45.4 Å². The van der Waals surface area contributed by atoms with Gasteiger partial charge in [0.1, 0.15) is 8.07 Å². The van der Waals surface area contributed by atoms with Crippen LogP contribution in [0.3, 0.4) is 0 Å². The van der Waals surface area contributed by atoms with Crippen molar-refractivity contribution in [1.82, 2.24) is 0 Å². The van der Waals surface area contributed by atoms with Crippen molar-refractivity contribution in [2.45, 2.75) is 104 Å². The minimum atomic E-state index is -2.00. The molecule has 0 rings (SSSR count). The zero-order valence-corrected chi connectivity index (χ0v) is 21.1. The number of hydrogen-bond acceptors (Lipinski definition) is 3. The molecule has 0 aliphatic heterocycles. The zero-order valence-electron chi connectivity index (χ0n) is 19.1. The van der Waals surface area contributed by atoms with Crippen LogP contribution in [0.15, 0.2) is 0 Å². The quantitative estimate of drug-likeness (QED) is 0.420. The van der Waals surface area contributed by atoms with Crippen LogP contribution in [0, 0.1) is 23.3 Å². The number of aliphatic hydroxyl groups excluding tert-OH is 2. The van der Waals surface area contributed by atoms with Crippen LogP contribution in [0.5, 0.6) is 0 Å². The van der Waals surface area contributed by atoms with Gasteiger partial charge in [0, 0.05) is 5.92 Å². The van der Waals surface area contributed by atoms with Crippen LogP contribution < -0.4 is 0 Å². The molecule has 5 heteroatoms. The van der Waals surface area contributed by atoms with Gasteiger partial charge in [-0.1, -0.05) is 68.1 Å². The van der Waals surface area contributed by atoms with Gasteiger partial charge in [-0.15, -0.1) is 11.5 Å². The van der Waals surface area contributed by atoms with Crippen LogP contribution in [0.4, 0.5) is 0 Å². The summed E-state index contributed by atoms with van der Waals surface area (Å²) < 4.78 is 6.54. The summed E-state index contributed by atoms with van der Waals surface area (Å²) in [5.41, 5.74) is 4.82. The average Bonchev–Trinajstić information content (AvgIpc) is 2.44. The Labute approximate surface area is 165 Å². The van der Waals surface area contributed by atoms with Gasteiger partial charge in [-0.2, -0.15) is 0 Å². The van der Waals surface area contributed by atoms with Crippen LogP contribution in [0.2, 0.25) is 36.3 Å². The van der Waals surface area contributed by atoms with E-state index in [1.54, 1.807) is 6.92 Å². The average molecular weight is 401 g/mol. The van der Waals surface area contributed by atoms with Crippen LogP contribution in [0.25, 0.3) is 0 Å². The van der Waals surface area contributed by atoms with Gasteiger partial charge in [-0.25, -0.2) is 0 Å². The predicted molar refractivity (Wildman–Crippen MR) is 118 cm³/mol. The van der Waals surface area contributed by atoms with Crippen LogP contribution in [0.1, 0.15) is 55.4 Å². The topological polar surface area (TPSA) is 49.7 Å². The van der Waals surface area contributed by atoms with E-state index in [1.165, 1.54) is 0 Å². The first-order chi connectivity index (χ1) is 11.7. The lowest BCUT2D eigenvalue weighted by atomic mass is 9.86. The van der Waals surface area contributed by atoms with Crippen molar-refractivity contribution in [3.05, 3.63) is 0 Å². The van der Waals surface area contributed by atoms with Gasteiger partial charge in [-0.3, -0.25) is 0 Å². The second-order valence-electron chi connectivity index (χ2n) is 9.84. The fourth-order valence-corrected chi connectivity index (χ4v) is 10.2. The smallest absolute Gasteiger partial charge is 0.200 e. The SMILES string of the molecule is CC(C)[Si](OC[C@H](O)[C@@H](C)[C@H](C#C[Si](C)(C)C)[C@@H](C)O)(C(C)C)C(C)C. The second-order valence-corrected chi connectivity index (χ2v) is 20.1. The van der Waals surface area contributed by atoms with Gasteiger partial charge in [0.15, 0.2) is 8.32 Å². The molecule has 0 fully saturated rings.